The van der Waals surface area contributed by atoms with Gasteiger partial charge in [-0.1, -0.05) is 37.3 Å². The van der Waals surface area contributed by atoms with Crippen LogP contribution in [0.5, 0.6) is 0 Å². The molecule has 1 aliphatic carbocycles. The van der Waals surface area contributed by atoms with E-state index < -0.39 is 0 Å². The van der Waals surface area contributed by atoms with E-state index in [0.717, 1.165) is 6.54 Å². The molecule has 1 amide bonds. The van der Waals surface area contributed by atoms with E-state index in [-0.39, 0.29) is 5.91 Å². The second-order valence-electron chi connectivity index (χ2n) is 5.18. The molecule has 1 aromatic rings. The molecule has 1 aliphatic rings. The summed E-state index contributed by atoms with van der Waals surface area (Å²) in [7, 11) is 1.91. The molecule has 2 rings (SSSR count). The van der Waals surface area contributed by atoms with Crippen molar-refractivity contribution in [3.8, 4) is 0 Å². The standard InChI is InChI=1S/C15H22N2O/c1-12(13-6-4-3-5-7-13)10-16-11-15(18)17(2)14-8-9-14/h3-7,12,14,16H,8-11H2,1-2H3. The summed E-state index contributed by atoms with van der Waals surface area (Å²) in [5.41, 5.74) is 1.31. The van der Waals surface area contributed by atoms with Gasteiger partial charge >= 0.3 is 0 Å². The van der Waals surface area contributed by atoms with E-state index in [4.69, 9.17) is 0 Å². The highest BCUT2D eigenvalue weighted by Crippen LogP contribution is 2.25. The maximum atomic E-state index is 11.8. The molecule has 0 radical (unpaired) electrons. The van der Waals surface area contributed by atoms with Gasteiger partial charge in [0.05, 0.1) is 6.54 Å². The van der Waals surface area contributed by atoms with Crippen molar-refractivity contribution in [2.45, 2.75) is 31.7 Å². The van der Waals surface area contributed by atoms with E-state index in [9.17, 15) is 4.79 Å². The lowest BCUT2D eigenvalue weighted by Gasteiger charge is -2.18. The quantitative estimate of drug-likeness (QED) is 0.832. The van der Waals surface area contributed by atoms with Gasteiger partial charge in [-0.3, -0.25) is 4.79 Å². The molecular weight excluding hydrogens is 224 g/mol. The average molecular weight is 246 g/mol. The number of amides is 1. The van der Waals surface area contributed by atoms with Gasteiger partial charge in [-0.15, -0.1) is 0 Å². The van der Waals surface area contributed by atoms with Crippen molar-refractivity contribution >= 4 is 5.91 Å². The molecule has 1 fully saturated rings. The molecule has 1 N–H and O–H groups in total. The number of carbonyl (C=O) groups excluding carboxylic acids is 1. The second kappa shape index (κ2) is 6.01. The first-order chi connectivity index (χ1) is 8.68. The molecule has 0 aromatic heterocycles. The highest BCUT2D eigenvalue weighted by Gasteiger charge is 2.29. The fourth-order valence-electron chi connectivity index (χ4n) is 2.09. The Kier molecular flexibility index (Phi) is 4.37. The lowest BCUT2D eigenvalue weighted by Crippen LogP contribution is -2.37. The summed E-state index contributed by atoms with van der Waals surface area (Å²) in [4.78, 5) is 13.7. The predicted octanol–water partition coefficient (Wildman–Crippen LogP) is 2.00. The number of hydrogen-bond acceptors (Lipinski definition) is 2. The van der Waals surface area contributed by atoms with Gasteiger partial charge in [-0.25, -0.2) is 0 Å². The zero-order valence-electron chi connectivity index (χ0n) is 11.2. The third-order valence-corrected chi connectivity index (χ3v) is 3.58. The number of nitrogens with zero attached hydrogens (tertiary/aromatic N) is 1. The van der Waals surface area contributed by atoms with E-state index in [1.165, 1.54) is 18.4 Å². The minimum atomic E-state index is 0.206. The third kappa shape index (κ3) is 3.57. The SMILES string of the molecule is CC(CNCC(=O)N(C)C1CC1)c1ccccc1. The Bertz CT molecular complexity index is 387. The smallest absolute Gasteiger partial charge is 0.236 e. The third-order valence-electron chi connectivity index (χ3n) is 3.58. The van der Waals surface area contributed by atoms with E-state index in [1.807, 2.05) is 18.0 Å². The summed E-state index contributed by atoms with van der Waals surface area (Å²) in [5, 5.41) is 3.26. The van der Waals surface area contributed by atoms with Crippen molar-refractivity contribution in [2.75, 3.05) is 20.1 Å². The van der Waals surface area contributed by atoms with Crippen molar-refractivity contribution in [2.24, 2.45) is 0 Å². The Morgan fingerprint density at radius 2 is 2.06 bits per heavy atom. The minimum Gasteiger partial charge on any atom is -0.342 e. The molecular formula is C15H22N2O. The van der Waals surface area contributed by atoms with Crippen molar-refractivity contribution in [1.82, 2.24) is 10.2 Å². The van der Waals surface area contributed by atoms with Gasteiger partial charge in [0, 0.05) is 19.6 Å². The number of hydrogen-bond donors (Lipinski definition) is 1. The van der Waals surface area contributed by atoms with Crippen LogP contribution in [0.25, 0.3) is 0 Å². The number of nitrogens with one attached hydrogen (secondary N) is 1. The number of rotatable bonds is 6. The van der Waals surface area contributed by atoms with Crippen LogP contribution >= 0.6 is 0 Å². The van der Waals surface area contributed by atoms with Crippen molar-refractivity contribution in [3.63, 3.8) is 0 Å². The summed E-state index contributed by atoms with van der Waals surface area (Å²) in [6, 6.07) is 10.9. The fraction of sp³-hybridized carbons (Fsp3) is 0.533. The van der Waals surface area contributed by atoms with Crippen LogP contribution in [-0.2, 0) is 4.79 Å². The van der Waals surface area contributed by atoms with Crippen molar-refractivity contribution in [3.05, 3.63) is 35.9 Å². The second-order valence-corrected chi connectivity index (χ2v) is 5.18. The normalized spacial score (nSPS) is 16.3. The summed E-state index contributed by atoms with van der Waals surface area (Å²) >= 11 is 0. The first-order valence-electron chi connectivity index (χ1n) is 6.70. The molecule has 98 valence electrons. The van der Waals surface area contributed by atoms with E-state index in [2.05, 4.69) is 36.5 Å². The van der Waals surface area contributed by atoms with Crippen LogP contribution in [0, 0.1) is 0 Å². The van der Waals surface area contributed by atoms with Crippen LogP contribution in [0.3, 0.4) is 0 Å². The molecule has 1 aromatic carbocycles. The zero-order chi connectivity index (χ0) is 13.0. The summed E-state index contributed by atoms with van der Waals surface area (Å²) in [6.07, 6.45) is 2.34. The van der Waals surface area contributed by atoms with E-state index in [0.29, 0.717) is 18.5 Å². The first-order valence-corrected chi connectivity index (χ1v) is 6.70. The van der Waals surface area contributed by atoms with Crippen molar-refractivity contribution < 1.29 is 4.79 Å². The van der Waals surface area contributed by atoms with Gasteiger partial charge in [-0.2, -0.15) is 0 Å². The van der Waals surface area contributed by atoms with Crippen LogP contribution in [-0.4, -0.2) is 37.0 Å². The topological polar surface area (TPSA) is 32.3 Å². The zero-order valence-corrected chi connectivity index (χ0v) is 11.2. The van der Waals surface area contributed by atoms with Gasteiger partial charge in [-0.05, 0) is 24.3 Å². The molecule has 0 spiro atoms. The maximum absolute atomic E-state index is 11.8. The Morgan fingerprint density at radius 3 is 2.67 bits per heavy atom. The first kappa shape index (κ1) is 13.1. The Hall–Kier alpha value is -1.35. The number of likely N-dealkylation sites (N-methyl/N-ethyl adjacent to an activating group) is 1. The summed E-state index contributed by atoms with van der Waals surface area (Å²) in [6.45, 7) is 3.47. The summed E-state index contributed by atoms with van der Waals surface area (Å²) < 4.78 is 0. The van der Waals surface area contributed by atoms with Gasteiger partial charge < -0.3 is 10.2 Å². The van der Waals surface area contributed by atoms with E-state index in [1.54, 1.807) is 0 Å². The Balaban J connectivity index is 1.70. The highest BCUT2D eigenvalue weighted by molar-refractivity contribution is 5.78. The number of benzene rings is 1. The minimum absolute atomic E-state index is 0.206. The molecule has 0 bridgehead atoms. The average Bonchev–Trinajstić information content (AvgIpc) is 3.23. The predicted molar refractivity (Wildman–Crippen MR) is 73.5 cm³/mol. The lowest BCUT2D eigenvalue weighted by molar-refractivity contribution is -0.129. The van der Waals surface area contributed by atoms with Crippen LogP contribution in [0.4, 0.5) is 0 Å². The molecule has 0 aliphatic heterocycles. The van der Waals surface area contributed by atoms with Gasteiger partial charge in [0.1, 0.15) is 0 Å². The molecule has 0 heterocycles. The van der Waals surface area contributed by atoms with E-state index >= 15 is 0 Å². The summed E-state index contributed by atoms with van der Waals surface area (Å²) in [5.74, 6) is 0.642. The molecule has 0 saturated heterocycles. The van der Waals surface area contributed by atoms with Crippen LogP contribution < -0.4 is 5.32 Å². The van der Waals surface area contributed by atoms with Gasteiger partial charge in [0.2, 0.25) is 5.91 Å². The monoisotopic (exact) mass is 246 g/mol. The lowest BCUT2D eigenvalue weighted by atomic mass is 10.0. The van der Waals surface area contributed by atoms with Crippen molar-refractivity contribution in [1.29, 1.82) is 0 Å². The highest BCUT2D eigenvalue weighted by atomic mass is 16.2. The maximum Gasteiger partial charge on any atom is 0.236 e. The van der Waals surface area contributed by atoms with Gasteiger partial charge in [0.25, 0.3) is 0 Å². The Morgan fingerprint density at radius 1 is 1.39 bits per heavy atom. The van der Waals surface area contributed by atoms with Crippen LogP contribution in [0.1, 0.15) is 31.2 Å². The molecule has 3 nitrogen and oxygen atoms in total. The molecule has 1 saturated carbocycles. The van der Waals surface area contributed by atoms with Gasteiger partial charge in [0.15, 0.2) is 0 Å². The fourth-order valence-corrected chi connectivity index (χ4v) is 2.09. The van der Waals surface area contributed by atoms with Crippen LogP contribution in [0.15, 0.2) is 30.3 Å². The number of carbonyl (C=O) groups is 1. The Labute approximate surface area is 109 Å². The molecule has 18 heavy (non-hydrogen) atoms. The largest absolute Gasteiger partial charge is 0.342 e. The van der Waals surface area contributed by atoms with Crippen LogP contribution in [0.2, 0.25) is 0 Å². The molecule has 1 unspecified atom stereocenters. The molecule has 1 atom stereocenters. The molecule has 3 heteroatoms.